The van der Waals surface area contributed by atoms with Gasteiger partial charge in [-0.3, -0.25) is 0 Å². The molecule has 6 heteroatoms. The van der Waals surface area contributed by atoms with E-state index in [-0.39, 0.29) is 18.0 Å². The predicted octanol–water partition coefficient (Wildman–Crippen LogP) is 3.52. The van der Waals surface area contributed by atoms with Crippen LogP contribution in [0.5, 0.6) is 0 Å². The Morgan fingerprint density at radius 3 is 2.40 bits per heavy atom. The number of carbonyl (C=O) groups excluding carboxylic acids is 1. The number of nitrogens with one attached hydrogen (secondary N) is 1. The van der Waals surface area contributed by atoms with E-state index < -0.39 is 5.41 Å². The van der Waals surface area contributed by atoms with Crippen LogP contribution in [0.1, 0.15) is 39.2 Å². The van der Waals surface area contributed by atoms with Crippen LogP contribution in [0.25, 0.3) is 0 Å². The quantitative estimate of drug-likeness (QED) is 0.591. The zero-order valence-corrected chi connectivity index (χ0v) is 17.1. The van der Waals surface area contributed by atoms with E-state index in [2.05, 4.69) is 52.0 Å². The van der Waals surface area contributed by atoms with E-state index in [0.717, 1.165) is 36.0 Å². The molecule has 1 aromatic carbocycles. The highest BCUT2D eigenvalue weighted by atomic mass is 79.9. The van der Waals surface area contributed by atoms with Crippen molar-refractivity contribution in [2.75, 3.05) is 20.1 Å². The van der Waals surface area contributed by atoms with Gasteiger partial charge in [0.25, 0.3) is 0 Å². The van der Waals surface area contributed by atoms with Gasteiger partial charge in [-0.15, -0.1) is 0 Å². The summed E-state index contributed by atoms with van der Waals surface area (Å²) in [4.78, 5) is 18.8. The molecular formula is C19H29BrN4O. The maximum absolute atomic E-state index is 12.4. The van der Waals surface area contributed by atoms with Crippen LogP contribution in [0.15, 0.2) is 33.7 Å². The van der Waals surface area contributed by atoms with Gasteiger partial charge in [0.15, 0.2) is 0 Å². The van der Waals surface area contributed by atoms with Crippen LogP contribution in [-0.4, -0.2) is 42.9 Å². The summed E-state index contributed by atoms with van der Waals surface area (Å²) in [6.07, 6.45) is 1.90. The average Bonchev–Trinajstić information content (AvgIpc) is 2.56. The van der Waals surface area contributed by atoms with Gasteiger partial charge in [-0.1, -0.05) is 41.9 Å². The van der Waals surface area contributed by atoms with E-state index in [0.29, 0.717) is 5.84 Å². The average molecular weight is 409 g/mol. The molecule has 0 spiro atoms. The highest BCUT2D eigenvalue weighted by Crippen LogP contribution is 2.33. The topological polar surface area (TPSA) is 70.7 Å². The summed E-state index contributed by atoms with van der Waals surface area (Å²) in [5.74, 6) is 0.559. The first kappa shape index (κ1) is 19.9. The zero-order valence-electron chi connectivity index (χ0n) is 15.6. The third-order valence-electron chi connectivity index (χ3n) is 5.40. The zero-order chi connectivity index (χ0) is 18.6. The van der Waals surface area contributed by atoms with Crippen molar-refractivity contribution in [2.45, 2.75) is 45.1 Å². The molecule has 2 amide bonds. The molecule has 1 aliphatic heterocycles. The number of aliphatic imine (C=N–C) groups is 1. The minimum atomic E-state index is -0.495. The van der Waals surface area contributed by atoms with E-state index in [1.165, 1.54) is 0 Å². The van der Waals surface area contributed by atoms with E-state index in [1.54, 1.807) is 0 Å². The van der Waals surface area contributed by atoms with Crippen LogP contribution in [-0.2, 0) is 5.41 Å². The molecule has 3 N–H and O–H groups in total. The van der Waals surface area contributed by atoms with Crippen molar-refractivity contribution in [3.05, 3.63) is 34.3 Å². The summed E-state index contributed by atoms with van der Waals surface area (Å²) in [7, 11) is 2.10. The highest BCUT2D eigenvalue weighted by molar-refractivity contribution is 9.10. The van der Waals surface area contributed by atoms with Crippen molar-refractivity contribution in [3.8, 4) is 0 Å². The summed E-state index contributed by atoms with van der Waals surface area (Å²) >= 11 is 3.46. The van der Waals surface area contributed by atoms with Crippen molar-refractivity contribution in [3.63, 3.8) is 0 Å². The Kier molecular flexibility index (Phi) is 6.63. The number of likely N-dealkylation sites (tertiary alicyclic amines) is 1. The number of piperidine rings is 1. The Morgan fingerprint density at radius 2 is 1.88 bits per heavy atom. The molecule has 0 saturated carbocycles. The number of nitrogens with two attached hydrogens (primary N) is 1. The van der Waals surface area contributed by atoms with E-state index in [9.17, 15) is 4.79 Å². The smallest absolute Gasteiger partial charge is 0.342 e. The Bertz CT molecular complexity index is 621. The molecule has 0 aliphatic carbocycles. The number of urea groups is 1. The second-order valence-corrected chi connectivity index (χ2v) is 8.30. The molecule has 25 heavy (non-hydrogen) atoms. The first-order chi connectivity index (χ1) is 11.7. The lowest BCUT2D eigenvalue weighted by atomic mass is 9.72. The summed E-state index contributed by atoms with van der Waals surface area (Å²) < 4.78 is 1.01. The molecule has 2 rings (SSSR count). The minimum absolute atomic E-state index is 0.179. The van der Waals surface area contributed by atoms with Crippen LogP contribution in [0.3, 0.4) is 0 Å². The Labute approximate surface area is 159 Å². The highest BCUT2D eigenvalue weighted by Gasteiger charge is 2.35. The molecule has 1 atom stereocenters. The number of amidine groups is 1. The van der Waals surface area contributed by atoms with E-state index in [4.69, 9.17) is 5.73 Å². The molecular weight excluding hydrogens is 380 g/mol. The molecule has 0 aromatic heterocycles. The molecule has 138 valence electrons. The van der Waals surface area contributed by atoms with Gasteiger partial charge in [0, 0.05) is 10.5 Å². The van der Waals surface area contributed by atoms with Crippen LogP contribution in [0.4, 0.5) is 4.79 Å². The summed E-state index contributed by atoms with van der Waals surface area (Å²) in [5, 5.41) is 3.00. The predicted molar refractivity (Wildman–Crippen MR) is 107 cm³/mol. The second kappa shape index (κ2) is 8.32. The van der Waals surface area contributed by atoms with Crippen molar-refractivity contribution in [1.82, 2.24) is 10.2 Å². The summed E-state index contributed by atoms with van der Waals surface area (Å²) in [6, 6.07) is 7.88. The first-order valence-electron chi connectivity index (χ1n) is 8.83. The first-order valence-corrected chi connectivity index (χ1v) is 9.62. The van der Waals surface area contributed by atoms with Crippen molar-refractivity contribution >= 4 is 27.8 Å². The molecule has 1 unspecified atom stereocenters. The number of halogens is 1. The van der Waals surface area contributed by atoms with Crippen molar-refractivity contribution in [1.29, 1.82) is 0 Å². The monoisotopic (exact) mass is 408 g/mol. The van der Waals surface area contributed by atoms with Gasteiger partial charge in [0.1, 0.15) is 5.84 Å². The molecule has 0 radical (unpaired) electrons. The number of carbonyl (C=O) groups is 1. The van der Waals surface area contributed by atoms with E-state index >= 15 is 0 Å². The van der Waals surface area contributed by atoms with Gasteiger partial charge >= 0.3 is 6.03 Å². The van der Waals surface area contributed by atoms with Gasteiger partial charge in [-0.05, 0) is 63.5 Å². The second-order valence-electron chi connectivity index (χ2n) is 7.39. The summed E-state index contributed by atoms with van der Waals surface area (Å²) in [6.45, 7) is 8.22. The number of hydrogen-bond donors (Lipinski definition) is 2. The Balaban J connectivity index is 2.15. The van der Waals surface area contributed by atoms with Gasteiger partial charge in [-0.2, -0.15) is 4.99 Å². The number of hydrogen-bond acceptors (Lipinski definition) is 2. The van der Waals surface area contributed by atoms with Gasteiger partial charge in [-0.25, -0.2) is 4.79 Å². The van der Waals surface area contributed by atoms with Crippen LogP contribution in [0, 0.1) is 5.92 Å². The maximum Gasteiger partial charge on any atom is 0.342 e. The van der Waals surface area contributed by atoms with Crippen molar-refractivity contribution < 1.29 is 4.79 Å². The standard InChI is InChI=1S/C19H29BrN4O/c1-13(2)19(3,14-5-7-15(20)8-6-14)17(21)23-18(25)22-16-9-11-24(4)12-10-16/h5-8,13,16H,9-12H2,1-4H3,(H3,21,22,23,25). The van der Waals surface area contributed by atoms with Crippen LogP contribution >= 0.6 is 15.9 Å². The third-order valence-corrected chi connectivity index (χ3v) is 5.93. The molecule has 1 aliphatic rings. The fraction of sp³-hybridized carbons (Fsp3) is 0.579. The Morgan fingerprint density at radius 1 is 1.32 bits per heavy atom. The molecule has 0 bridgehead atoms. The minimum Gasteiger partial charge on any atom is -0.386 e. The molecule has 1 heterocycles. The maximum atomic E-state index is 12.4. The number of benzene rings is 1. The number of rotatable bonds is 4. The molecule has 1 saturated heterocycles. The normalized spacial score (nSPS) is 19.7. The SMILES string of the molecule is CC(C)C(C)(C(N)=NC(=O)NC1CCN(C)CC1)c1ccc(Br)cc1. The lowest BCUT2D eigenvalue weighted by Gasteiger charge is -2.34. The lowest BCUT2D eigenvalue weighted by molar-refractivity contribution is 0.219. The number of nitrogens with zero attached hydrogens (tertiary/aromatic N) is 2. The van der Waals surface area contributed by atoms with Crippen LogP contribution in [0.2, 0.25) is 0 Å². The van der Waals surface area contributed by atoms with Gasteiger partial charge in [0.2, 0.25) is 0 Å². The largest absolute Gasteiger partial charge is 0.386 e. The van der Waals surface area contributed by atoms with E-state index in [1.807, 2.05) is 31.2 Å². The fourth-order valence-corrected chi connectivity index (χ4v) is 3.42. The fourth-order valence-electron chi connectivity index (χ4n) is 3.16. The number of amides is 2. The van der Waals surface area contributed by atoms with Gasteiger partial charge in [0.05, 0.1) is 5.41 Å². The molecule has 1 fully saturated rings. The third kappa shape index (κ3) is 4.82. The molecule has 5 nitrogen and oxygen atoms in total. The van der Waals surface area contributed by atoms with Crippen molar-refractivity contribution in [2.24, 2.45) is 16.6 Å². The van der Waals surface area contributed by atoms with Crippen LogP contribution < -0.4 is 11.1 Å². The molecule has 1 aromatic rings. The van der Waals surface area contributed by atoms with Gasteiger partial charge < -0.3 is 16.0 Å². The summed E-state index contributed by atoms with van der Waals surface area (Å²) in [5.41, 5.74) is 6.88. The Hall–Kier alpha value is -1.40. The lowest BCUT2D eigenvalue weighted by Crippen LogP contribution is -2.46.